The highest BCUT2D eigenvalue weighted by Gasteiger charge is 2.06. The first-order valence-electron chi connectivity index (χ1n) is 9.43. The summed E-state index contributed by atoms with van der Waals surface area (Å²) >= 11 is 0. The number of aromatic nitrogens is 3. The second-order valence-corrected chi connectivity index (χ2v) is 6.25. The molecule has 0 spiro atoms. The van der Waals surface area contributed by atoms with Crippen molar-refractivity contribution >= 4 is 11.6 Å². The lowest BCUT2D eigenvalue weighted by atomic mass is 10.2. The maximum absolute atomic E-state index is 4.61. The van der Waals surface area contributed by atoms with Crippen LogP contribution in [0.15, 0.2) is 48.0 Å². The summed E-state index contributed by atoms with van der Waals surface area (Å²) in [7, 11) is 1.95. The molecule has 0 fully saturated rings. The van der Waals surface area contributed by atoms with E-state index in [9.17, 15) is 0 Å². The van der Waals surface area contributed by atoms with Crippen LogP contribution in [0.4, 0.5) is 5.69 Å². The van der Waals surface area contributed by atoms with Crippen LogP contribution >= 0.6 is 0 Å². The molecular weight excluding hydrogens is 338 g/mol. The molecule has 0 aliphatic heterocycles. The van der Waals surface area contributed by atoms with Crippen molar-refractivity contribution in [3.8, 4) is 0 Å². The minimum atomic E-state index is 0.481. The van der Waals surface area contributed by atoms with Crippen LogP contribution < -0.4 is 15.5 Å². The van der Waals surface area contributed by atoms with Gasteiger partial charge in [-0.3, -0.25) is 0 Å². The lowest BCUT2D eigenvalue weighted by molar-refractivity contribution is 0.707. The van der Waals surface area contributed by atoms with Crippen molar-refractivity contribution in [2.24, 2.45) is 12.0 Å². The number of rotatable bonds is 10. The molecule has 0 aliphatic carbocycles. The number of anilines is 1. The van der Waals surface area contributed by atoms with Gasteiger partial charge in [-0.1, -0.05) is 24.3 Å². The van der Waals surface area contributed by atoms with Crippen molar-refractivity contribution < 1.29 is 0 Å². The fraction of sp³-hybridized carbons (Fsp3) is 0.450. The molecule has 0 unspecified atom stereocenters. The highest BCUT2D eigenvalue weighted by atomic mass is 15.3. The van der Waals surface area contributed by atoms with Crippen LogP contribution in [-0.2, 0) is 13.6 Å². The van der Waals surface area contributed by atoms with Crippen LogP contribution in [0.5, 0.6) is 0 Å². The second-order valence-electron chi connectivity index (χ2n) is 6.25. The zero-order valence-corrected chi connectivity index (χ0v) is 16.6. The number of nitrogens with one attached hydrogen (secondary N) is 2. The Labute approximate surface area is 162 Å². The van der Waals surface area contributed by atoms with Gasteiger partial charge in [0.05, 0.1) is 0 Å². The largest absolute Gasteiger partial charge is 0.372 e. The molecule has 2 rings (SSSR count). The van der Waals surface area contributed by atoms with Gasteiger partial charge in [-0.2, -0.15) is 0 Å². The maximum Gasteiger partial charge on any atom is 0.191 e. The monoisotopic (exact) mass is 369 g/mol. The van der Waals surface area contributed by atoms with Crippen LogP contribution in [0, 0.1) is 6.92 Å². The van der Waals surface area contributed by atoms with E-state index in [1.807, 2.05) is 30.7 Å². The van der Waals surface area contributed by atoms with Gasteiger partial charge in [0.15, 0.2) is 11.8 Å². The summed E-state index contributed by atoms with van der Waals surface area (Å²) in [5, 5.41) is 14.9. The second kappa shape index (κ2) is 11.0. The predicted molar refractivity (Wildman–Crippen MR) is 112 cm³/mol. The number of benzene rings is 1. The maximum atomic E-state index is 4.61. The summed E-state index contributed by atoms with van der Waals surface area (Å²) in [5.41, 5.74) is 1.26. The quantitative estimate of drug-likeness (QED) is 0.291. The SMILES string of the molecule is C=CCNC(=NCc1nnc(C)n1C)NCCCN(CC)c1ccccc1. The van der Waals surface area contributed by atoms with Crippen molar-refractivity contribution in [3.05, 3.63) is 54.6 Å². The molecule has 0 saturated heterocycles. The van der Waals surface area contributed by atoms with Crippen LogP contribution in [-0.4, -0.2) is 46.9 Å². The third-order valence-corrected chi connectivity index (χ3v) is 4.38. The first-order chi connectivity index (χ1) is 13.2. The minimum absolute atomic E-state index is 0.481. The van der Waals surface area contributed by atoms with E-state index in [0.29, 0.717) is 13.1 Å². The predicted octanol–water partition coefficient (Wildman–Crippen LogP) is 2.26. The fourth-order valence-corrected chi connectivity index (χ4v) is 2.67. The van der Waals surface area contributed by atoms with Gasteiger partial charge in [0, 0.05) is 38.9 Å². The van der Waals surface area contributed by atoms with Crippen LogP contribution in [0.25, 0.3) is 0 Å². The number of aliphatic imine (C=N–C) groups is 1. The van der Waals surface area contributed by atoms with Crippen molar-refractivity contribution in [1.29, 1.82) is 0 Å². The molecule has 2 aromatic rings. The normalized spacial score (nSPS) is 11.3. The van der Waals surface area contributed by atoms with E-state index in [1.165, 1.54) is 5.69 Å². The van der Waals surface area contributed by atoms with E-state index in [-0.39, 0.29) is 0 Å². The molecule has 27 heavy (non-hydrogen) atoms. The Morgan fingerprint density at radius 3 is 2.67 bits per heavy atom. The summed E-state index contributed by atoms with van der Waals surface area (Å²) in [6.07, 6.45) is 2.83. The highest BCUT2D eigenvalue weighted by Crippen LogP contribution is 2.12. The molecule has 1 heterocycles. The molecule has 0 amide bonds. The molecule has 1 aromatic heterocycles. The molecule has 0 aliphatic rings. The zero-order valence-electron chi connectivity index (χ0n) is 16.6. The molecule has 0 radical (unpaired) electrons. The first kappa shape index (κ1) is 20.5. The van der Waals surface area contributed by atoms with Crippen molar-refractivity contribution in [2.45, 2.75) is 26.8 Å². The Morgan fingerprint density at radius 2 is 2.04 bits per heavy atom. The highest BCUT2D eigenvalue weighted by molar-refractivity contribution is 5.79. The Morgan fingerprint density at radius 1 is 1.26 bits per heavy atom. The number of guanidine groups is 1. The van der Waals surface area contributed by atoms with Gasteiger partial charge in [-0.05, 0) is 32.4 Å². The number of aryl methyl sites for hydroxylation is 1. The van der Waals surface area contributed by atoms with Crippen molar-refractivity contribution in [2.75, 3.05) is 31.1 Å². The third kappa shape index (κ3) is 6.44. The Bertz CT molecular complexity index is 721. The Balaban J connectivity index is 1.85. The minimum Gasteiger partial charge on any atom is -0.372 e. The summed E-state index contributed by atoms with van der Waals surface area (Å²) < 4.78 is 1.95. The van der Waals surface area contributed by atoms with Gasteiger partial charge in [0.2, 0.25) is 0 Å². The Hall–Kier alpha value is -2.83. The number of para-hydroxylation sites is 1. The average molecular weight is 370 g/mol. The zero-order chi connectivity index (χ0) is 19.5. The van der Waals surface area contributed by atoms with E-state index in [4.69, 9.17) is 0 Å². The van der Waals surface area contributed by atoms with Crippen LogP contribution in [0.1, 0.15) is 25.0 Å². The standard InChI is InChI=1S/C20H31N7/c1-5-13-21-20(23-16-19-25-24-17(3)26(19)4)22-14-10-15-27(6-2)18-11-8-7-9-12-18/h5,7-9,11-12H,1,6,10,13-16H2,2-4H3,(H2,21,22,23). The molecule has 7 heteroatoms. The van der Waals surface area contributed by atoms with Gasteiger partial charge in [-0.15, -0.1) is 16.8 Å². The van der Waals surface area contributed by atoms with Crippen LogP contribution in [0.2, 0.25) is 0 Å². The first-order valence-corrected chi connectivity index (χ1v) is 9.43. The van der Waals surface area contributed by atoms with Crippen molar-refractivity contribution in [1.82, 2.24) is 25.4 Å². The van der Waals surface area contributed by atoms with Gasteiger partial charge >= 0.3 is 0 Å². The molecule has 0 bridgehead atoms. The lowest BCUT2D eigenvalue weighted by Crippen LogP contribution is -2.39. The summed E-state index contributed by atoms with van der Waals surface area (Å²) in [4.78, 5) is 6.98. The van der Waals surface area contributed by atoms with Gasteiger partial charge in [0.1, 0.15) is 12.4 Å². The Kier molecular flexibility index (Phi) is 8.35. The molecule has 1 aromatic carbocycles. The smallest absolute Gasteiger partial charge is 0.191 e. The summed E-state index contributed by atoms with van der Waals surface area (Å²) in [6, 6.07) is 10.5. The van der Waals surface area contributed by atoms with Gasteiger partial charge < -0.3 is 20.1 Å². The van der Waals surface area contributed by atoms with E-state index in [2.05, 4.69) is 68.5 Å². The van der Waals surface area contributed by atoms with Gasteiger partial charge in [0.25, 0.3) is 0 Å². The van der Waals surface area contributed by atoms with E-state index in [1.54, 1.807) is 0 Å². The summed E-state index contributed by atoms with van der Waals surface area (Å²) in [6.45, 7) is 11.8. The number of hydrogen-bond donors (Lipinski definition) is 2. The van der Waals surface area contributed by atoms with E-state index >= 15 is 0 Å². The molecular formula is C20H31N7. The summed E-state index contributed by atoms with van der Waals surface area (Å²) in [5.74, 6) is 2.49. The molecule has 146 valence electrons. The molecule has 0 atom stereocenters. The number of nitrogens with zero attached hydrogens (tertiary/aromatic N) is 5. The van der Waals surface area contributed by atoms with Crippen molar-refractivity contribution in [3.63, 3.8) is 0 Å². The third-order valence-electron chi connectivity index (χ3n) is 4.38. The van der Waals surface area contributed by atoms with Gasteiger partial charge in [-0.25, -0.2) is 4.99 Å². The molecule has 0 saturated carbocycles. The topological polar surface area (TPSA) is 70.4 Å². The lowest BCUT2D eigenvalue weighted by Gasteiger charge is -2.23. The molecule has 7 nitrogen and oxygen atoms in total. The molecule has 2 N–H and O–H groups in total. The average Bonchev–Trinajstić information content (AvgIpc) is 3.02. The number of hydrogen-bond acceptors (Lipinski definition) is 4. The van der Waals surface area contributed by atoms with E-state index in [0.717, 1.165) is 43.7 Å². The van der Waals surface area contributed by atoms with Crippen LogP contribution in [0.3, 0.4) is 0 Å². The van der Waals surface area contributed by atoms with E-state index < -0.39 is 0 Å². The fourth-order valence-electron chi connectivity index (χ4n) is 2.67.